The van der Waals surface area contributed by atoms with E-state index >= 15 is 0 Å². The summed E-state index contributed by atoms with van der Waals surface area (Å²) in [6.07, 6.45) is 29.6. The summed E-state index contributed by atoms with van der Waals surface area (Å²) >= 11 is 0. The van der Waals surface area contributed by atoms with Crippen LogP contribution in [0.5, 0.6) is 0 Å². The molecule has 1 aromatic carbocycles. The molecule has 0 bridgehead atoms. The lowest BCUT2D eigenvalue weighted by Crippen LogP contribution is -2.12. The molecule has 0 spiro atoms. The zero-order valence-electron chi connectivity index (χ0n) is 27.8. The molecule has 0 aliphatic heterocycles. The van der Waals surface area contributed by atoms with E-state index < -0.39 is 0 Å². The van der Waals surface area contributed by atoms with E-state index in [4.69, 9.17) is 21.0 Å². The topological polar surface area (TPSA) is 95.2 Å². The molecular weight excluding hydrogens is 545 g/mol. The van der Waals surface area contributed by atoms with Crippen molar-refractivity contribution in [3.8, 4) is 24.3 Å². The van der Waals surface area contributed by atoms with Gasteiger partial charge in [0, 0.05) is 10.4 Å². The van der Waals surface area contributed by atoms with E-state index in [9.17, 15) is 0 Å². The van der Waals surface area contributed by atoms with Gasteiger partial charge < -0.3 is 0 Å². The predicted molar refractivity (Wildman–Crippen MR) is 186 cm³/mol. The lowest BCUT2D eigenvalue weighted by Gasteiger charge is -2.05. The van der Waals surface area contributed by atoms with Gasteiger partial charge in [0.15, 0.2) is 0 Å². The molecule has 0 heterocycles. The second-order valence-corrected chi connectivity index (χ2v) is 14.2. The lowest BCUT2D eigenvalue weighted by molar-refractivity contribution is 0.523. The third-order valence-corrected chi connectivity index (χ3v) is 10.5. The minimum atomic E-state index is 0.00187. The van der Waals surface area contributed by atoms with Crippen molar-refractivity contribution in [1.82, 2.24) is 0 Å². The fourth-order valence-corrected chi connectivity index (χ4v) is 6.76. The van der Waals surface area contributed by atoms with Crippen molar-refractivity contribution in [1.29, 1.82) is 21.0 Å². The monoisotopic (exact) mass is 603 g/mol. The zero-order valence-corrected chi connectivity index (χ0v) is 28.6. The van der Waals surface area contributed by atoms with Crippen LogP contribution in [0.4, 0.5) is 0 Å². The van der Waals surface area contributed by atoms with Gasteiger partial charge in [-0.15, -0.1) is 0 Å². The summed E-state index contributed by atoms with van der Waals surface area (Å²) in [7, 11) is 0.742. The first kappa shape index (κ1) is 40.3. The normalized spacial score (nSPS) is 10.1. The molecule has 236 valence electrons. The van der Waals surface area contributed by atoms with E-state index in [1.165, 1.54) is 170 Å². The highest BCUT2D eigenvalue weighted by Crippen LogP contribution is 2.15. The fraction of sp³-hybridized carbons (Fsp3) is 0.684. The predicted octanol–water partition coefficient (Wildman–Crippen LogP) is 9.55. The maximum absolute atomic E-state index is 8.63. The highest BCUT2D eigenvalue weighted by atomic mass is 32.2. The summed E-state index contributed by atoms with van der Waals surface area (Å²) < 4.78 is 0. The van der Waals surface area contributed by atoms with Crippen LogP contribution in [0.2, 0.25) is 0 Å². The van der Waals surface area contributed by atoms with E-state index in [1.54, 1.807) is 24.3 Å². The van der Waals surface area contributed by atoms with Crippen molar-refractivity contribution < 1.29 is 0 Å². The largest absolute Gasteiger partial charge is 0.192 e. The minimum absolute atomic E-state index is 0.00187. The Morgan fingerprint density at radius 3 is 0.930 bits per heavy atom. The molecule has 0 aliphatic rings. The van der Waals surface area contributed by atoms with Crippen molar-refractivity contribution in [2.45, 2.75) is 149 Å². The van der Waals surface area contributed by atoms with Crippen molar-refractivity contribution >= 4 is 22.0 Å². The van der Waals surface area contributed by atoms with Gasteiger partial charge in [0.25, 0.3) is 0 Å². The number of hydrogen-bond acceptors (Lipinski definition) is 4. The van der Waals surface area contributed by atoms with E-state index in [1.807, 2.05) is 0 Å². The maximum atomic E-state index is 8.63. The fourth-order valence-electron chi connectivity index (χ4n) is 5.17. The molecule has 0 amide bonds. The lowest BCUT2D eigenvalue weighted by atomic mass is 10.0. The van der Waals surface area contributed by atoms with Gasteiger partial charge in [0.2, 0.25) is 0 Å². The molecule has 0 N–H and O–H groups in total. The first-order chi connectivity index (χ1) is 21.1. The van der Waals surface area contributed by atoms with Crippen LogP contribution in [0.25, 0.3) is 11.1 Å². The van der Waals surface area contributed by atoms with E-state index in [0.717, 1.165) is 10.9 Å². The summed E-state index contributed by atoms with van der Waals surface area (Å²) in [6.45, 7) is 7.03. The third-order valence-electron chi connectivity index (χ3n) is 8.01. The van der Waals surface area contributed by atoms with Crippen LogP contribution in [0, 0.1) is 45.3 Å². The number of rotatable bonds is 23. The molecule has 0 fully saturated rings. The summed E-state index contributed by atoms with van der Waals surface area (Å²) in [6, 6.07) is 13.2. The Morgan fingerprint density at radius 1 is 0.442 bits per heavy atom. The molecule has 1 aromatic rings. The van der Waals surface area contributed by atoms with Crippen molar-refractivity contribution in [3.63, 3.8) is 0 Å². The Balaban J connectivity index is 0.000000931. The summed E-state index contributed by atoms with van der Waals surface area (Å²) in [5, 5.41) is 35.5. The van der Waals surface area contributed by atoms with Crippen LogP contribution in [-0.4, -0.2) is 17.3 Å². The Morgan fingerprint density at radius 2 is 0.698 bits per heavy atom. The standard InChI is InChI=1S/C26H55S.C12H4N4/c1-4-7-8-9-10-11-12-13-14-15-16-17-18-19-20-21-22-23-24-25-26-27(5-2)6-3;13-5-11(6-14)9-1-2-10(4-3-9)12(7-15)8-16/h4-26H2,1-3H3;1-4H/q+1;. The van der Waals surface area contributed by atoms with E-state index in [-0.39, 0.29) is 11.1 Å². The Kier molecular flexibility index (Phi) is 28.8. The van der Waals surface area contributed by atoms with Crippen molar-refractivity contribution in [2.24, 2.45) is 0 Å². The highest BCUT2D eigenvalue weighted by Gasteiger charge is 2.10. The first-order valence-corrected chi connectivity index (χ1v) is 18.9. The van der Waals surface area contributed by atoms with Crippen LogP contribution >= 0.6 is 0 Å². The average molecular weight is 604 g/mol. The highest BCUT2D eigenvalue weighted by molar-refractivity contribution is 7.96. The Hall–Kier alpha value is -2.73. The molecule has 1 rings (SSSR count). The number of benzene rings is 1. The SMILES string of the molecule is CCCCCCCCCCCCCCCCCCCCCC[S+](CC)CC.N#CC(C#N)=c1ccc(=C(C#N)C#N)cc1. The molecule has 0 saturated heterocycles. The van der Waals surface area contributed by atoms with Crippen molar-refractivity contribution in [2.75, 3.05) is 17.3 Å². The molecule has 5 heteroatoms. The summed E-state index contributed by atoms with van der Waals surface area (Å²) in [5.74, 6) is 4.33. The number of nitriles is 4. The minimum Gasteiger partial charge on any atom is -0.192 e. The van der Waals surface area contributed by atoms with Gasteiger partial charge in [-0.1, -0.05) is 147 Å². The molecular formula is C38H59N4S+. The van der Waals surface area contributed by atoms with Crippen LogP contribution < -0.4 is 10.4 Å². The molecule has 0 aliphatic carbocycles. The molecule has 0 aromatic heterocycles. The summed E-state index contributed by atoms with van der Waals surface area (Å²) in [5.41, 5.74) is 0.00373. The molecule has 0 saturated carbocycles. The number of hydrogen-bond donors (Lipinski definition) is 0. The second-order valence-electron chi connectivity index (χ2n) is 11.4. The van der Waals surface area contributed by atoms with Crippen LogP contribution in [0.15, 0.2) is 24.3 Å². The summed E-state index contributed by atoms with van der Waals surface area (Å²) in [4.78, 5) is 0. The van der Waals surface area contributed by atoms with Crippen molar-refractivity contribution in [3.05, 3.63) is 34.7 Å². The Labute approximate surface area is 267 Å². The quantitative estimate of drug-likeness (QED) is 0.0919. The van der Waals surface area contributed by atoms with Gasteiger partial charge in [-0.05, 0) is 37.6 Å². The van der Waals surface area contributed by atoms with Gasteiger partial charge >= 0.3 is 0 Å². The van der Waals surface area contributed by atoms with Gasteiger partial charge in [0.1, 0.15) is 52.7 Å². The molecule has 0 atom stereocenters. The molecule has 43 heavy (non-hydrogen) atoms. The average Bonchev–Trinajstić information content (AvgIpc) is 3.04. The number of unbranched alkanes of at least 4 members (excludes halogenated alkanes) is 19. The van der Waals surface area contributed by atoms with Gasteiger partial charge in [-0.3, -0.25) is 0 Å². The van der Waals surface area contributed by atoms with E-state index in [2.05, 4.69) is 20.8 Å². The zero-order chi connectivity index (χ0) is 31.8. The Bertz CT molecular complexity index is 991. The number of nitrogens with zero attached hydrogens (tertiary/aromatic N) is 4. The molecule has 4 nitrogen and oxygen atoms in total. The van der Waals surface area contributed by atoms with Crippen LogP contribution in [-0.2, 0) is 10.9 Å². The van der Waals surface area contributed by atoms with Gasteiger partial charge in [0.05, 0.1) is 0 Å². The van der Waals surface area contributed by atoms with E-state index in [0.29, 0.717) is 10.4 Å². The smallest absolute Gasteiger partial charge is 0.136 e. The molecule has 0 radical (unpaired) electrons. The van der Waals surface area contributed by atoms with Gasteiger partial charge in [-0.2, -0.15) is 21.0 Å². The van der Waals surface area contributed by atoms with Crippen LogP contribution in [0.3, 0.4) is 0 Å². The maximum Gasteiger partial charge on any atom is 0.136 e. The van der Waals surface area contributed by atoms with Gasteiger partial charge in [-0.25, -0.2) is 0 Å². The van der Waals surface area contributed by atoms with Crippen LogP contribution in [0.1, 0.15) is 149 Å². The molecule has 0 unspecified atom stereocenters. The second kappa shape index (κ2) is 30.7. The first-order valence-electron chi connectivity index (χ1n) is 17.2. The third kappa shape index (κ3) is 22.5.